The SMILES string of the molecule is COC(=O)C(NC(=O)C(CSC)NB(C)O)C(C)O. The van der Waals surface area contributed by atoms with Crippen molar-refractivity contribution in [1.82, 2.24) is 10.5 Å². The molecule has 3 unspecified atom stereocenters. The molecule has 0 rings (SSSR count). The number of thioether (sulfide) groups is 1. The van der Waals surface area contributed by atoms with Crippen LogP contribution in [0.2, 0.25) is 6.82 Å². The van der Waals surface area contributed by atoms with Gasteiger partial charge in [0.05, 0.1) is 19.3 Å². The van der Waals surface area contributed by atoms with Gasteiger partial charge in [-0.15, -0.1) is 0 Å². The van der Waals surface area contributed by atoms with Crippen LogP contribution in [0.15, 0.2) is 0 Å². The Balaban J connectivity index is 4.70. The van der Waals surface area contributed by atoms with Gasteiger partial charge in [0.1, 0.15) is 0 Å². The molecule has 19 heavy (non-hydrogen) atoms. The van der Waals surface area contributed by atoms with Crippen LogP contribution >= 0.6 is 11.8 Å². The molecule has 0 radical (unpaired) electrons. The van der Waals surface area contributed by atoms with Gasteiger partial charge in [0.2, 0.25) is 5.91 Å². The van der Waals surface area contributed by atoms with Gasteiger partial charge >= 0.3 is 13.0 Å². The molecule has 7 nitrogen and oxygen atoms in total. The number of carbonyl (C=O) groups is 2. The molecule has 0 aliphatic carbocycles. The molecule has 0 fully saturated rings. The van der Waals surface area contributed by atoms with Gasteiger partial charge in [0, 0.05) is 5.75 Å². The summed E-state index contributed by atoms with van der Waals surface area (Å²) in [6.45, 7) is 2.88. The van der Waals surface area contributed by atoms with Crippen molar-refractivity contribution in [3.05, 3.63) is 0 Å². The number of aliphatic hydroxyl groups excluding tert-OH is 1. The summed E-state index contributed by atoms with van der Waals surface area (Å²) in [6, 6.07) is -1.79. The molecule has 0 bridgehead atoms. The first-order valence-corrected chi connectivity index (χ1v) is 7.22. The number of nitrogens with one attached hydrogen (secondary N) is 2. The van der Waals surface area contributed by atoms with E-state index in [-0.39, 0.29) is 0 Å². The topological polar surface area (TPSA) is 108 Å². The number of ether oxygens (including phenoxy) is 1. The van der Waals surface area contributed by atoms with Crippen LogP contribution in [0.5, 0.6) is 0 Å². The van der Waals surface area contributed by atoms with Gasteiger partial charge in [-0.05, 0) is 20.0 Å². The van der Waals surface area contributed by atoms with Crippen LogP contribution in [0.4, 0.5) is 0 Å². The Kier molecular flexibility index (Phi) is 8.82. The first kappa shape index (κ1) is 18.2. The summed E-state index contributed by atoms with van der Waals surface area (Å²) in [5.74, 6) is -0.778. The molecule has 0 aliphatic rings. The lowest BCUT2D eigenvalue weighted by molar-refractivity contribution is -0.148. The van der Waals surface area contributed by atoms with E-state index in [2.05, 4.69) is 15.3 Å². The minimum atomic E-state index is -1.13. The zero-order chi connectivity index (χ0) is 15.0. The number of methoxy groups -OCH3 is 1. The highest BCUT2D eigenvalue weighted by molar-refractivity contribution is 7.98. The second kappa shape index (κ2) is 9.19. The predicted octanol–water partition coefficient (Wildman–Crippen LogP) is -1.54. The molecule has 110 valence electrons. The van der Waals surface area contributed by atoms with Gasteiger partial charge < -0.3 is 25.4 Å². The number of amides is 1. The van der Waals surface area contributed by atoms with Crippen molar-refractivity contribution in [2.45, 2.75) is 31.9 Å². The van der Waals surface area contributed by atoms with Crippen molar-refractivity contribution in [3.63, 3.8) is 0 Å². The Morgan fingerprint density at radius 2 is 2.05 bits per heavy atom. The Bertz CT molecular complexity index is 304. The van der Waals surface area contributed by atoms with Gasteiger partial charge in [0.25, 0.3) is 0 Å². The standard InChI is InChI=1S/C10H21BN2O5S/c1-6(14)8(10(16)18-3)12-9(15)7(5-19-4)13-11(2)17/h6-8,13-14,17H,5H2,1-4H3,(H,12,15). The maximum Gasteiger partial charge on any atom is 0.374 e. The van der Waals surface area contributed by atoms with E-state index in [9.17, 15) is 19.7 Å². The van der Waals surface area contributed by atoms with Crippen LogP contribution in [0.25, 0.3) is 0 Å². The van der Waals surface area contributed by atoms with E-state index in [0.717, 1.165) is 0 Å². The van der Waals surface area contributed by atoms with Gasteiger partial charge in [-0.2, -0.15) is 11.8 Å². The number of rotatable bonds is 8. The van der Waals surface area contributed by atoms with E-state index < -0.39 is 37.1 Å². The smallest absolute Gasteiger partial charge is 0.374 e. The van der Waals surface area contributed by atoms with Crippen molar-refractivity contribution in [2.75, 3.05) is 19.1 Å². The third-order valence-electron chi connectivity index (χ3n) is 2.33. The average molecular weight is 292 g/mol. The van der Waals surface area contributed by atoms with Crippen LogP contribution in [0, 0.1) is 0 Å². The van der Waals surface area contributed by atoms with Gasteiger partial charge in [-0.1, -0.05) is 0 Å². The number of hydrogen-bond acceptors (Lipinski definition) is 7. The van der Waals surface area contributed by atoms with Crippen molar-refractivity contribution < 1.29 is 24.5 Å². The number of aliphatic hydroxyl groups is 1. The van der Waals surface area contributed by atoms with E-state index >= 15 is 0 Å². The predicted molar refractivity (Wildman–Crippen MR) is 74.8 cm³/mol. The first-order chi connectivity index (χ1) is 8.83. The van der Waals surface area contributed by atoms with Crippen molar-refractivity contribution in [2.24, 2.45) is 0 Å². The number of esters is 1. The Labute approximate surface area is 117 Å². The molecular formula is C10H21BN2O5S. The molecule has 4 N–H and O–H groups in total. The zero-order valence-corrected chi connectivity index (χ0v) is 12.4. The molecule has 0 aliphatic heterocycles. The third-order valence-corrected chi connectivity index (χ3v) is 2.99. The normalized spacial score (nSPS) is 15.3. The number of carbonyl (C=O) groups excluding carboxylic acids is 2. The van der Waals surface area contributed by atoms with E-state index in [1.165, 1.54) is 32.6 Å². The van der Waals surface area contributed by atoms with Crippen molar-refractivity contribution in [3.8, 4) is 0 Å². The largest absolute Gasteiger partial charge is 0.467 e. The second-order valence-corrected chi connectivity index (χ2v) is 5.01. The average Bonchev–Trinajstić information content (AvgIpc) is 2.33. The molecule has 9 heteroatoms. The summed E-state index contributed by atoms with van der Waals surface area (Å²) < 4.78 is 4.51. The Morgan fingerprint density at radius 3 is 2.42 bits per heavy atom. The fourth-order valence-corrected chi connectivity index (χ4v) is 2.00. The summed E-state index contributed by atoms with van der Waals surface area (Å²) in [4.78, 5) is 23.4. The first-order valence-electron chi connectivity index (χ1n) is 5.82. The summed E-state index contributed by atoms with van der Waals surface area (Å²) >= 11 is 1.42. The van der Waals surface area contributed by atoms with Gasteiger partial charge in [0.15, 0.2) is 6.04 Å². The van der Waals surface area contributed by atoms with E-state index in [1.54, 1.807) is 0 Å². The minimum absolute atomic E-state index is 0.421. The van der Waals surface area contributed by atoms with Crippen LogP contribution in [-0.2, 0) is 14.3 Å². The maximum atomic E-state index is 12.0. The van der Waals surface area contributed by atoms with E-state index in [4.69, 9.17) is 0 Å². The lowest BCUT2D eigenvalue weighted by Gasteiger charge is -2.23. The summed E-state index contributed by atoms with van der Waals surface area (Å²) in [5, 5.41) is 23.8. The summed E-state index contributed by atoms with van der Waals surface area (Å²) in [5.41, 5.74) is 0. The van der Waals surface area contributed by atoms with Crippen LogP contribution < -0.4 is 10.5 Å². The van der Waals surface area contributed by atoms with Crippen molar-refractivity contribution >= 4 is 30.7 Å². The Morgan fingerprint density at radius 1 is 1.47 bits per heavy atom. The molecule has 0 aromatic carbocycles. The lowest BCUT2D eigenvalue weighted by atomic mass is 9.87. The summed E-state index contributed by atoms with van der Waals surface area (Å²) in [6.07, 6.45) is 0.745. The molecule has 3 atom stereocenters. The molecule has 0 saturated carbocycles. The third kappa shape index (κ3) is 6.81. The van der Waals surface area contributed by atoms with Crippen molar-refractivity contribution in [1.29, 1.82) is 0 Å². The maximum absolute atomic E-state index is 12.0. The second-order valence-electron chi connectivity index (χ2n) is 4.10. The quantitative estimate of drug-likeness (QED) is 0.317. The number of hydrogen-bond donors (Lipinski definition) is 4. The Hall–Kier alpha value is -0.765. The molecule has 0 aromatic rings. The van der Waals surface area contributed by atoms with Crippen LogP contribution in [0.1, 0.15) is 6.92 Å². The molecule has 1 amide bonds. The fourth-order valence-electron chi connectivity index (χ4n) is 1.41. The van der Waals surface area contributed by atoms with Crippen LogP contribution in [0.3, 0.4) is 0 Å². The van der Waals surface area contributed by atoms with Crippen LogP contribution in [-0.4, -0.2) is 66.4 Å². The molecule has 0 heterocycles. The molecule has 0 aromatic heterocycles. The van der Waals surface area contributed by atoms with E-state index in [0.29, 0.717) is 5.75 Å². The zero-order valence-electron chi connectivity index (χ0n) is 11.5. The fraction of sp³-hybridized carbons (Fsp3) is 0.800. The highest BCUT2D eigenvalue weighted by Crippen LogP contribution is 2.01. The molecule has 0 saturated heterocycles. The lowest BCUT2D eigenvalue weighted by Crippen LogP contribution is -2.57. The summed E-state index contributed by atoms with van der Waals surface area (Å²) in [7, 11) is 0.322. The van der Waals surface area contributed by atoms with Gasteiger partial charge in [-0.25, -0.2) is 4.79 Å². The van der Waals surface area contributed by atoms with Gasteiger partial charge in [-0.3, -0.25) is 4.79 Å². The molecule has 0 spiro atoms. The highest BCUT2D eigenvalue weighted by Gasteiger charge is 2.30. The van der Waals surface area contributed by atoms with E-state index in [1.807, 2.05) is 6.26 Å². The monoisotopic (exact) mass is 292 g/mol. The molecular weight excluding hydrogens is 271 g/mol. The minimum Gasteiger partial charge on any atom is -0.467 e. The highest BCUT2D eigenvalue weighted by atomic mass is 32.2.